The van der Waals surface area contributed by atoms with Crippen molar-refractivity contribution in [1.82, 2.24) is 4.40 Å². The second-order valence-corrected chi connectivity index (χ2v) is 13.2. The highest BCUT2D eigenvalue weighted by Crippen LogP contribution is 2.45. The fourth-order valence-electron chi connectivity index (χ4n) is 7.35. The van der Waals surface area contributed by atoms with Gasteiger partial charge in [0.15, 0.2) is 6.20 Å². The molecular weight excluding hydrogens is 448 g/mol. The molecule has 0 saturated heterocycles. The van der Waals surface area contributed by atoms with Crippen LogP contribution in [-0.2, 0) is 13.5 Å². The molecule has 0 unspecified atom stereocenters. The van der Waals surface area contributed by atoms with E-state index in [0.717, 1.165) is 6.42 Å². The lowest BCUT2D eigenvalue weighted by molar-refractivity contribution is -0.643. The van der Waals surface area contributed by atoms with E-state index in [1.54, 1.807) is 0 Å². The van der Waals surface area contributed by atoms with E-state index in [2.05, 4.69) is 105 Å². The summed E-state index contributed by atoms with van der Waals surface area (Å²) in [5.41, 5.74) is 10.3. The molecule has 0 atom stereocenters. The first-order chi connectivity index (χ1) is 17.7. The van der Waals surface area contributed by atoms with Gasteiger partial charge in [0.25, 0.3) is 0 Å². The molecule has 37 heavy (non-hydrogen) atoms. The molecule has 0 N–H and O–H groups in total. The van der Waals surface area contributed by atoms with E-state index in [-0.39, 0.29) is 0 Å². The number of hydrogen-bond donors (Lipinski definition) is 0. The average Bonchev–Trinajstić information content (AvgIpc) is 3.18. The van der Waals surface area contributed by atoms with E-state index in [9.17, 15) is 0 Å². The minimum Gasteiger partial charge on any atom is -0.307 e. The van der Waals surface area contributed by atoms with Crippen LogP contribution in [-0.4, -0.2) is 4.40 Å². The van der Waals surface area contributed by atoms with Crippen LogP contribution >= 0.6 is 0 Å². The number of benzene rings is 3. The van der Waals surface area contributed by atoms with Gasteiger partial charge >= 0.3 is 0 Å². The van der Waals surface area contributed by atoms with Crippen molar-refractivity contribution < 1.29 is 4.57 Å². The SMILES string of the molecule is Cc1ccc2c3ccc(CC(C)C)cc3n3c4cc(C5CCC(C)(C)CC5)cc5cc[n+](C)c(c1c23)c54. The molecule has 2 nitrogen and oxygen atoms in total. The van der Waals surface area contributed by atoms with Crippen molar-refractivity contribution in [1.29, 1.82) is 0 Å². The van der Waals surface area contributed by atoms with Gasteiger partial charge in [-0.1, -0.05) is 58.0 Å². The van der Waals surface area contributed by atoms with E-state index >= 15 is 0 Å². The van der Waals surface area contributed by atoms with Crippen LogP contribution in [0.2, 0.25) is 0 Å². The lowest BCUT2D eigenvalue weighted by Crippen LogP contribution is -2.29. The molecule has 0 bridgehead atoms. The van der Waals surface area contributed by atoms with Crippen LogP contribution in [0.25, 0.3) is 49.0 Å². The zero-order valence-corrected chi connectivity index (χ0v) is 23.3. The number of aryl methyl sites for hydroxylation is 2. The Hall–Kier alpha value is -3.13. The minimum absolute atomic E-state index is 0.481. The first kappa shape index (κ1) is 23.0. The molecule has 0 amide bonds. The normalized spacial score (nSPS) is 16.9. The summed E-state index contributed by atoms with van der Waals surface area (Å²) in [7, 11) is 2.22. The quantitative estimate of drug-likeness (QED) is 0.134. The monoisotopic (exact) mass is 487 g/mol. The molecule has 1 saturated carbocycles. The number of hydrogen-bond acceptors (Lipinski definition) is 0. The predicted molar refractivity (Wildman–Crippen MR) is 158 cm³/mol. The second-order valence-electron chi connectivity index (χ2n) is 13.2. The Morgan fingerprint density at radius 2 is 1.68 bits per heavy atom. The molecule has 1 fully saturated rings. The van der Waals surface area contributed by atoms with Crippen molar-refractivity contribution >= 4 is 49.0 Å². The fourth-order valence-corrected chi connectivity index (χ4v) is 7.35. The standard InChI is InChI=1S/C35H39N2/c1-21(2)17-23-8-10-27-28-9-7-22(3)31-33(28)37(29(27)18-23)30-20-26(24-11-14-35(4,5)15-12-24)19-25-13-16-36(6)34(31)32(25)30/h7-10,13,16,18-21,24H,11-12,14-15,17H2,1-6H3/q+1. The van der Waals surface area contributed by atoms with E-state index in [0.29, 0.717) is 17.3 Å². The predicted octanol–water partition coefficient (Wildman–Crippen LogP) is 9.01. The molecule has 1 aliphatic rings. The fraction of sp³-hybridized carbons (Fsp3) is 0.400. The van der Waals surface area contributed by atoms with Crippen molar-refractivity contribution in [2.45, 2.75) is 72.6 Å². The highest BCUT2D eigenvalue weighted by atomic mass is 15.0. The topological polar surface area (TPSA) is 8.29 Å². The Kier molecular flexibility index (Phi) is 4.94. The molecule has 0 aliphatic heterocycles. The summed E-state index contributed by atoms with van der Waals surface area (Å²) < 4.78 is 4.98. The number of nitrogens with zero attached hydrogens (tertiary/aromatic N) is 2. The highest BCUT2D eigenvalue weighted by molar-refractivity contribution is 6.25. The summed E-state index contributed by atoms with van der Waals surface area (Å²) in [4.78, 5) is 0. The van der Waals surface area contributed by atoms with Gasteiger partial charge in [-0.3, -0.25) is 0 Å². The summed E-state index contributed by atoms with van der Waals surface area (Å²) in [6.07, 6.45) is 8.60. The second kappa shape index (κ2) is 7.93. The van der Waals surface area contributed by atoms with Crippen LogP contribution in [0, 0.1) is 18.3 Å². The summed E-state index contributed by atoms with van der Waals surface area (Å²) in [6, 6.07) is 19.3. The van der Waals surface area contributed by atoms with Crippen molar-refractivity contribution in [3.63, 3.8) is 0 Å². The van der Waals surface area contributed by atoms with Gasteiger partial charge in [-0.2, -0.15) is 0 Å². The number of rotatable bonds is 3. The number of fused-ring (bicyclic) bond motifs is 5. The van der Waals surface area contributed by atoms with Crippen molar-refractivity contribution in [3.8, 4) is 0 Å². The van der Waals surface area contributed by atoms with Gasteiger partial charge in [-0.25, -0.2) is 4.57 Å². The summed E-state index contributed by atoms with van der Waals surface area (Å²) in [6.45, 7) is 11.8. The lowest BCUT2D eigenvalue weighted by atomic mass is 9.71. The Morgan fingerprint density at radius 1 is 0.919 bits per heavy atom. The molecular formula is C35H39N2+. The smallest absolute Gasteiger partial charge is 0.224 e. The Balaban J connectivity index is 1.64. The third-order valence-corrected chi connectivity index (χ3v) is 9.37. The van der Waals surface area contributed by atoms with Crippen LogP contribution in [0.5, 0.6) is 0 Å². The maximum Gasteiger partial charge on any atom is 0.224 e. The molecule has 7 rings (SSSR count). The molecule has 3 aromatic heterocycles. The zero-order valence-electron chi connectivity index (χ0n) is 23.3. The maximum absolute atomic E-state index is 2.63. The average molecular weight is 488 g/mol. The van der Waals surface area contributed by atoms with Gasteiger partial charge in [-0.15, -0.1) is 0 Å². The first-order valence-corrected chi connectivity index (χ1v) is 14.3. The molecule has 6 aromatic rings. The molecule has 3 aromatic carbocycles. The van der Waals surface area contributed by atoms with E-state index in [4.69, 9.17) is 0 Å². The van der Waals surface area contributed by atoms with Crippen LogP contribution in [0.1, 0.15) is 76.0 Å². The van der Waals surface area contributed by atoms with Crippen molar-refractivity contribution in [2.75, 3.05) is 0 Å². The van der Waals surface area contributed by atoms with E-state index in [1.165, 1.54) is 91.4 Å². The molecule has 0 spiro atoms. The first-order valence-electron chi connectivity index (χ1n) is 14.3. The third kappa shape index (κ3) is 3.41. The molecule has 0 radical (unpaired) electrons. The lowest BCUT2D eigenvalue weighted by Gasteiger charge is -2.34. The van der Waals surface area contributed by atoms with E-state index < -0.39 is 0 Å². The largest absolute Gasteiger partial charge is 0.307 e. The number of pyridine rings is 2. The highest BCUT2D eigenvalue weighted by Gasteiger charge is 2.29. The van der Waals surface area contributed by atoms with Gasteiger partial charge in [0, 0.05) is 16.8 Å². The van der Waals surface area contributed by atoms with Crippen LogP contribution in [0.3, 0.4) is 0 Å². The van der Waals surface area contributed by atoms with Crippen molar-refractivity contribution in [3.05, 3.63) is 71.4 Å². The summed E-state index contributed by atoms with van der Waals surface area (Å²) in [5, 5.41) is 6.93. The zero-order chi connectivity index (χ0) is 25.6. The maximum atomic E-state index is 2.63. The van der Waals surface area contributed by atoms with Gasteiger partial charge in [0.2, 0.25) is 5.52 Å². The summed E-state index contributed by atoms with van der Waals surface area (Å²) in [5.74, 6) is 1.30. The number of aromatic nitrogens is 2. The van der Waals surface area contributed by atoms with Crippen molar-refractivity contribution in [2.24, 2.45) is 18.4 Å². The van der Waals surface area contributed by atoms with Gasteiger partial charge < -0.3 is 4.40 Å². The molecule has 3 heterocycles. The van der Waals surface area contributed by atoms with E-state index in [1.807, 2.05) is 0 Å². The van der Waals surface area contributed by atoms with Gasteiger partial charge in [0.1, 0.15) is 7.05 Å². The van der Waals surface area contributed by atoms with Gasteiger partial charge in [-0.05, 0) is 90.5 Å². The molecule has 2 heteroatoms. The molecule has 1 aliphatic carbocycles. The minimum atomic E-state index is 0.481. The Labute approximate surface area is 220 Å². The van der Waals surface area contributed by atoms with Crippen LogP contribution < -0.4 is 4.57 Å². The Morgan fingerprint density at radius 3 is 2.43 bits per heavy atom. The summed E-state index contributed by atoms with van der Waals surface area (Å²) >= 11 is 0. The van der Waals surface area contributed by atoms with Crippen LogP contribution in [0.15, 0.2) is 54.7 Å². The molecule has 188 valence electrons. The Bertz CT molecular complexity index is 1820. The van der Waals surface area contributed by atoms with Gasteiger partial charge in [0.05, 0.1) is 27.3 Å². The third-order valence-electron chi connectivity index (χ3n) is 9.37. The van der Waals surface area contributed by atoms with Crippen LogP contribution in [0.4, 0.5) is 0 Å².